The number of nitrogens with one attached hydrogen (secondary N) is 1. The van der Waals surface area contributed by atoms with Crippen LogP contribution < -0.4 is 15.1 Å². The molecular weight excluding hydrogens is 438 g/mol. The summed E-state index contributed by atoms with van der Waals surface area (Å²) in [6.45, 7) is 2.49. The molecule has 2 heterocycles. The third-order valence-electron chi connectivity index (χ3n) is 6.93. The van der Waals surface area contributed by atoms with Gasteiger partial charge in [-0.1, -0.05) is 23.7 Å². The number of anilines is 3. The van der Waals surface area contributed by atoms with Crippen LogP contribution in [-0.2, 0) is 4.79 Å². The molecule has 0 aromatic heterocycles. The van der Waals surface area contributed by atoms with Crippen LogP contribution >= 0.6 is 11.6 Å². The first-order valence-electron chi connectivity index (χ1n) is 11.3. The Labute approximate surface area is 198 Å². The van der Waals surface area contributed by atoms with Gasteiger partial charge in [-0.3, -0.25) is 9.59 Å². The average Bonchev–Trinajstić information content (AvgIpc) is 3.50. The van der Waals surface area contributed by atoms with Crippen LogP contribution in [0.2, 0.25) is 5.02 Å². The predicted octanol–water partition coefficient (Wildman–Crippen LogP) is 3.56. The molecule has 4 atom stereocenters. The second kappa shape index (κ2) is 8.36. The van der Waals surface area contributed by atoms with Crippen molar-refractivity contribution in [2.45, 2.75) is 37.9 Å². The van der Waals surface area contributed by atoms with Crippen LogP contribution in [0.3, 0.4) is 0 Å². The van der Waals surface area contributed by atoms with Gasteiger partial charge in [-0.15, -0.1) is 0 Å². The molecule has 5 rings (SSSR count). The standard InChI is InChI=1S/C25H26ClN5O2/c1-15(28-13-24(32)31-18(12-27)9-16-10-23(16)31)14-30-22-6-4-3-5-21(22)29(2)20-8-7-17(26)11-19(20)25(30)33/h3-8,11,15-16,18,23,28H,9-10,13-14H2,1-2H3/t15-,16-,18+,23+/m1/s1. The van der Waals surface area contributed by atoms with Crippen LogP contribution in [0.5, 0.6) is 0 Å². The Kier molecular flexibility index (Phi) is 5.51. The lowest BCUT2D eigenvalue weighted by Gasteiger charge is -2.28. The molecule has 7 nitrogen and oxygen atoms in total. The van der Waals surface area contributed by atoms with Gasteiger partial charge in [0.1, 0.15) is 6.04 Å². The van der Waals surface area contributed by atoms with Gasteiger partial charge in [-0.05, 0) is 56.0 Å². The van der Waals surface area contributed by atoms with Crippen molar-refractivity contribution in [2.24, 2.45) is 5.92 Å². The van der Waals surface area contributed by atoms with Gasteiger partial charge in [-0.2, -0.15) is 5.26 Å². The summed E-state index contributed by atoms with van der Waals surface area (Å²) in [5, 5.41) is 13.1. The SMILES string of the molecule is C[C@H](CN1C(=O)c2cc(Cl)ccc2N(C)c2ccccc21)NCC(=O)N1[C@H](C#N)C[C@@H]2C[C@@H]21. The van der Waals surface area contributed by atoms with Crippen molar-refractivity contribution in [1.29, 1.82) is 5.26 Å². The van der Waals surface area contributed by atoms with E-state index in [2.05, 4.69) is 11.4 Å². The summed E-state index contributed by atoms with van der Waals surface area (Å²) in [6, 6.07) is 15.2. The molecule has 2 amide bonds. The minimum atomic E-state index is -0.311. The zero-order chi connectivity index (χ0) is 23.3. The summed E-state index contributed by atoms with van der Waals surface area (Å²) >= 11 is 6.23. The number of nitrogens with zero attached hydrogens (tertiary/aromatic N) is 4. The Morgan fingerprint density at radius 3 is 2.73 bits per heavy atom. The Morgan fingerprint density at radius 2 is 1.97 bits per heavy atom. The minimum Gasteiger partial charge on any atom is -0.342 e. The van der Waals surface area contributed by atoms with Gasteiger partial charge in [0, 0.05) is 30.7 Å². The zero-order valence-corrected chi connectivity index (χ0v) is 19.4. The van der Waals surface area contributed by atoms with Crippen molar-refractivity contribution in [2.75, 3.05) is 29.9 Å². The van der Waals surface area contributed by atoms with Crippen LogP contribution in [-0.4, -0.2) is 55.0 Å². The van der Waals surface area contributed by atoms with E-state index in [0.29, 0.717) is 23.0 Å². The third kappa shape index (κ3) is 3.84. The van der Waals surface area contributed by atoms with Gasteiger partial charge >= 0.3 is 0 Å². The lowest BCUT2D eigenvalue weighted by atomic mass is 10.1. The van der Waals surface area contributed by atoms with Crippen molar-refractivity contribution in [3.63, 3.8) is 0 Å². The fourth-order valence-corrected chi connectivity index (χ4v) is 5.31. The Bertz CT molecular complexity index is 1160. The Morgan fingerprint density at radius 1 is 1.21 bits per heavy atom. The molecule has 0 radical (unpaired) electrons. The quantitative estimate of drug-likeness (QED) is 0.733. The zero-order valence-electron chi connectivity index (χ0n) is 18.7. The second-order valence-corrected chi connectivity index (χ2v) is 9.59. The lowest BCUT2D eigenvalue weighted by molar-refractivity contribution is -0.131. The van der Waals surface area contributed by atoms with E-state index < -0.39 is 0 Å². The third-order valence-corrected chi connectivity index (χ3v) is 7.16. The molecule has 0 spiro atoms. The van der Waals surface area contributed by atoms with Crippen molar-refractivity contribution >= 4 is 40.5 Å². The summed E-state index contributed by atoms with van der Waals surface area (Å²) < 4.78 is 0. The highest BCUT2D eigenvalue weighted by molar-refractivity contribution is 6.31. The maximum Gasteiger partial charge on any atom is 0.260 e. The van der Waals surface area contributed by atoms with Crippen LogP contribution in [0, 0.1) is 17.2 Å². The van der Waals surface area contributed by atoms with Crippen molar-refractivity contribution in [1.82, 2.24) is 10.2 Å². The molecule has 1 aliphatic carbocycles. The molecule has 1 saturated heterocycles. The molecule has 2 aromatic rings. The number of likely N-dealkylation sites (tertiary alicyclic amines) is 1. The molecule has 33 heavy (non-hydrogen) atoms. The number of carbonyl (C=O) groups excluding carboxylic acids is 2. The number of halogens is 1. The number of amides is 2. The van der Waals surface area contributed by atoms with Gasteiger partial charge in [0.2, 0.25) is 5.91 Å². The van der Waals surface area contributed by atoms with E-state index in [1.165, 1.54) is 0 Å². The first-order valence-corrected chi connectivity index (χ1v) is 11.6. The van der Waals surface area contributed by atoms with Crippen molar-refractivity contribution in [3.05, 3.63) is 53.1 Å². The second-order valence-electron chi connectivity index (χ2n) is 9.15. The van der Waals surface area contributed by atoms with E-state index in [4.69, 9.17) is 11.6 Å². The highest BCUT2D eigenvalue weighted by Crippen LogP contribution is 2.47. The first kappa shape index (κ1) is 21.7. The Hall–Kier alpha value is -3.08. The van der Waals surface area contributed by atoms with Crippen molar-refractivity contribution in [3.8, 4) is 6.07 Å². The molecule has 1 saturated carbocycles. The normalized spacial score (nSPS) is 23.9. The number of hydrogen-bond acceptors (Lipinski definition) is 5. The molecule has 8 heteroatoms. The van der Waals surface area contributed by atoms with Gasteiger partial charge in [0.25, 0.3) is 5.91 Å². The molecule has 170 valence electrons. The number of para-hydroxylation sites is 2. The van der Waals surface area contributed by atoms with E-state index in [-0.39, 0.29) is 36.5 Å². The molecule has 0 bridgehead atoms. The molecule has 2 aliphatic heterocycles. The largest absolute Gasteiger partial charge is 0.342 e. The lowest BCUT2D eigenvalue weighted by Crippen LogP contribution is -2.48. The Balaban J connectivity index is 1.35. The fraction of sp³-hybridized carbons (Fsp3) is 0.400. The number of hydrogen-bond donors (Lipinski definition) is 1. The highest BCUT2D eigenvalue weighted by Gasteiger charge is 2.53. The highest BCUT2D eigenvalue weighted by atomic mass is 35.5. The topological polar surface area (TPSA) is 79.7 Å². The average molecular weight is 464 g/mol. The van der Waals surface area contributed by atoms with Gasteiger partial charge in [0.05, 0.1) is 35.2 Å². The van der Waals surface area contributed by atoms with Crippen LogP contribution in [0.4, 0.5) is 17.1 Å². The number of fused-ring (bicyclic) bond motifs is 3. The molecule has 2 aromatic carbocycles. The van der Waals surface area contributed by atoms with Crippen molar-refractivity contribution < 1.29 is 9.59 Å². The molecule has 3 aliphatic rings. The monoisotopic (exact) mass is 463 g/mol. The summed E-state index contributed by atoms with van der Waals surface area (Å²) in [5.41, 5.74) is 3.06. The molecule has 1 N–H and O–H groups in total. The number of carbonyl (C=O) groups is 2. The number of piperidine rings is 1. The number of rotatable bonds is 5. The van der Waals surface area contributed by atoms with Gasteiger partial charge in [0.15, 0.2) is 0 Å². The summed E-state index contributed by atoms with van der Waals surface area (Å²) in [7, 11) is 1.94. The van der Waals surface area contributed by atoms with E-state index >= 15 is 0 Å². The van der Waals surface area contributed by atoms with E-state index in [9.17, 15) is 14.9 Å². The smallest absolute Gasteiger partial charge is 0.260 e. The fourth-order valence-electron chi connectivity index (χ4n) is 5.14. The predicted molar refractivity (Wildman–Crippen MR) is 128 cm³/mol. The summed E-state index contributed by atoms with van der Waals surface area (Å²) in [4.78, 5) is 31.9. The van der Waals surface area contributed by atoms with E-state index in [1.54, 1.807) is 21.9 Å². The molecule has 0 unspecified atom stereocenters. The van der Waals surface area contributed by atoms with E-state index in [1.807, 2.05) is 49.2 Å². The summed E-state index contributed by atoms with van der Waals surface area (Å²) in [5.74, 6) is 0.318. The van der Waals surface area contributed by atoms with Crippen LogP contribution in [0.25, 0.3) is 0 Å². The van der Waals surface area contributed by atoms with Crippen LogP contribution in [0.1, 0.15) is 30.1 Å². The van der Waals surface area contributed by atoms with Gasteiger partial charge in [-0.25, -0.2) is 0 Å². The molecule has 2 fully saturated rings. The summed E-state index contributed by atoms with van der Waals surface area (Å²) in [6.07, 6.45) is 1.80. The van der Waals surface area contributed by atoms with Crippen LogP contribution in [0.15, 0.2) is 42.5 Å². The van der Waals surface area contributed by atoms with Gasteiger partial charge < -0.3 is 20.0 Å². The maximum atomic E-state index is 13.6. The minimum absolute atomic E-state index is 0.0437. The number of benzene rings is 2. The van der Waals surface area contributed by atoms with E-state index in [0.717, 1.165) is 29.9 Å². The first-order chi connectivity index (χ1) is 15.9. The molecular formula is C25H26ClN5O2. The number of nitriles is 1. The maximum absolute atomic E-state index is 13.6.